The molecule has 1 heterocycles. The molecule has 0 aliphatic carbocycles. The zero-order valence-corrected chi connectivity index (χ0v) is 12.5. The molecule has 1 amide bonds. The van der Waals surface area contributed by atoms with Crippen LogP contribution in [0.3, 0.4) is 0 Å². The van der Waals surface area contributed by atoms with Crippen molar-refractivity contribution >= 4 is 17.5 Å². The molecule has 0 saturated carbocycles. The standard InChI is InChI=1S/C15H21ClN2O2/c1-20-10-8-17-15(19)11-18-9-2-3-14(18)12-4-6-13(16)7-5-12/h4-7,14H,2-3,8-11H2,1H3,(H,17,19). The van der Waals surface area contributed by atoms with Crippen LogP contribution in [0.25, 0.3) is 0 Å². The van der Waals surface area contributed by atoms with Crippen LogP contribution in [0.4, 0.5) is 0 Å². The number of carbonyl (C=O) groups excluding carboxylic acids is 1. The third-order valence-corrected chi connectivity index (χ3v) is 3.85. The maximum atomic E-state index is 11.9. The number of hydrogen-bond donors (Lipinski definition) is 1. The van der Waals surface area contributed by atoms with Gasteiger partial charge in [0.05, 0.1) is 13.2 Å². The fraction of sp³-hybridized carbons (Fsp3) is 0.533. The highest BCUT2D eigenvalue weighted by molar-refractivity contribution is 6.30. The number of hydrogen-bond acceptors (Lipinski definition) is 3. The number of amides is 1. The molecule has 1 fully saturated rings. The van der Waals surface area contributed by atoms with Crippen LogP contribution < -0.4 is 5.32 Å². The predicted molar refractivity (Wildman–Crippen MR) is 79.9 cm³/mol. The Hall–Kier alpha value is -1.10. The van der Waals surface area contributed by atoms with Gasteiger partial charge in [0.1, 0.15) is 0 Å². The van der Waals surface area contributed by atoms with Crippen LogP contribution in [-0.2, 0) is 9.53 Å². The van der Waals surface area contributed by atoms with Crippen LogP contribution in [0, 0.1) is 0 Å². The van der Waals surface area contributed by atoms with Crippen LogP contribution in [0.5, 0.6) is 0 Å². The number of nitrogens with zero attached hydrogens (tertiary/aromatic N) is 1. The molecule has 1 saturated heterocycles. The van der Waals surface area contributed by atoms with E-state index in [0.29, 0.717) is 25.7 Å². The minimum Gasteiger partial charge on any atom is -0.383 e. The van der Waals surface area contributed by atoms with Crippen LogP contribution >= 0.6 is 11.6 Å². The van der Waals surface area contributed by atoms with Gasteiger partial charge in [-0.25, -0.2) is 0 Å². The molecular weight excluding hydrogens is 276 g/mol. The van der Waals surface area contributed by atoms with E-state index in [-0.39, 0.29) is 5.91 Å². The topological polar surface area (TPSA) is 41.6 Å². The Morgan fingerprint density at radius 2 is 2.20 bits per heavy atom. The largest absolute Gasteiger partial charge is 0.383 e. The van der Waals surface area contributed by atoms with Crippen LogP contribution in [0.2, 0.25) is 5.02 Å². The van der Waals surface area contributed by atoms with Crippen molar-refractivity contribution in [1.29, 1.82) is 0 Å². The van der Waals surface area contributed by atoms with Crippen molar-refractivity contribution in [2.24, 2.45) is 0 Å². The van der Waals surface area contributed by atoms with E-state index in [1.807, 2.05) is 24.3 Å². The van der Waals surface area contributed by atoms with Gasteiger partial charge in [-0.2, -0.15) is 0 Å². The van der Waals surface area contributed by atoms with Gasteiger partial charge in [0.25, 0.3) is 0 Å². The van der Waals surface area contributed by atoms with Crippen molar-refractivity contribution in [2.75, 3.05) is 33.4 Å². The summed E-state index contributed by atoms with van der Waals surface area (Å²) in [7, 11) is 1.63. The number of halogens is 1. The minimum absolute atomic E-state index is 0.0583. The molecule has 2 rings (SSSR count). The Labute approximate surface area is 125 Å². The lowest BCUT2D eigenvalue weighted by molar-refractivity contribution is -0.122. The monoisotopic (exact) mass is 296 g/mol. The van der Waals surface area contributed by atoms with Crippen molar-refractivity contribution in [3.63, 3.8) is 0 Å². The SMILES string of the molecule is COCCNC(=O)CN1CCCC1c1ccc(Cl)cc1. The molecule has 20 heavy (non-hydrogen) atoms. The minimum atomic E-state index is 0.0583. The summed E-state index contributed by atoms with van der Waals surface area (Å²) in [5.41, 5.74) is 1.23. The van der Waals surface area contributed by atoms with Gasteiger partial charge in [-0.1, -0.05) is 23.7 Å². The smallest absolute Gasteiger partial charge is 0.234 e. The van der Waals surface area contributed by atoms with E-state index in [0.717, 1.165) is 24.4 Å². The molecule has 1 atom stereocenters. The summed E-state index contributed by atoms with van der Waals surface area (Å²) in [6.07, 6.45) is 2.21. The molecule has 1 aromatic carbocycles. The third kappa shape index (κ3) is 4.20. The molecule has 1 N–H and O–H groups in total. The molecule has 0 radical (unpaired) electrons. The van der Waals surface area contributed by atoms with Gasteiger partial charge in [0.15, 0.2) is 0 Å². The van der Waals surface area contributed by atoms with Gasteiger partial charge in [-0.15, -0.1) is 0 Å². The van der Waals surface area contributed by atoms with Gasteiger partial charge in [-0.05, 0) is 37.1 Å². The molecule has 0 aromatic heterocycles. The summed E-state index contributed by atoms with van der Waals surface area (Å²) >= 11 is 5.92. The average Bonchev–Trinajstić information content (AvgIpc) is 2.88. The summed E-state index contributed by atoms with van der Waals surface area (Å²) in [6, 6.07) is 8.24. The lowest BCUT2D eigenvalue weighted by atomic mass is 10.0. The molecule has 1 aliphatic heterocycles. The van der Waals surface area contributed by atoms with Crippen molar-refractivity contribution in [3.05, 3.63) is 34.9 Å². The van der Waals surface area contributed by atoms with Crippen molar-refractivity contribution in [3.8, 4) is 0 Å². The normalized spacial score (nSPS) is 19.2. The summed E-state index contributed by atoms with van der Waals surface area (Å²) in [5, 5.41) is 3.61. The second kappa shape index (κ2) is 7.62. The number of nitrogens with one attached hydrogen (secondary N) is 1. The number of methoxy groups -OCH3 is 1. The molecule has 0 spiro atoms. The number of benzene rings is 1. The summed E-state index contributed by atoms with van der Waals surface area (Å²) in [6.45, 7) is 2.52. The molecule has 110 valence electrons. The molecule has 1 aliphatic rings. The second-order valence-corrected chi connectivity index (χ2v) is 5.46. The van der Waals surface area contributed by atoms with E-state index in [9.17, 15) is 4.79 Å². The number of ether oxygens (including phenoxy) is 1. The first-order valence-electron chi connectivity index (χ1n) is 6.96. The van der Waals surface area contributed by atoms with Crippen molar-refractivity contribution < 1.29 is 9.53 Å². The van der Waals surface area contributed by atoms with Crippen LogP contribution in [0.15, 0.2) is 24.3 Å². The Bertz CT molecular complexity index is 436. The van der Waals surface area contributed by atoms with E-state index < -0.39 is 0 Å². The molecule has 1 unspecified atom stereocenters. The fourth-order valence-electron chi connectivity index (χ4n) is 2.61. The number of carbonyl (C=O) groups is 1. The molecular formula is C15H21ClN2O2. The van der Waals surface area contributed by atoms with Gasteiger partial charge < -0.3 is 10.1 Å². The van der Waals surface area contributed by atoms with E-state index in [1.165, 1.54) is 5.56 Å². The first-order chi connectivity index (χ1) is 9.70. The Kier molecular flexibility index (Phi) is 5.83. The van der Waals surface area contributed by atoms with Gasteiger partial charge in [0, 0.05) is 24.7 Å². The van der Waals surface area contributed by atoms with Crippen LogP contribution in [-0.4, -0.2) is 44.2 Å². The summed E-state index contributed by atoms with van der Waals surface area (Å²) in [4.78, 5) is 14.1. The molecule has 1 aromatic rings. The molecule has 4 nitrogen and oxygen atoms in total. The van der Waals surface area contributed by atoms with E-state index in [1.54, 1.807) is 7.11 Å². The average molecular weight is 297 g/mol. The molecule has 0 bridgehead atoms. The van der Waals surface area contributed by atoms with Gasteiger partial charge >= 0.3 is 0 Å². The summed E-state index contributed by atoms with van der Waals surface area (Å²) < 4.78 is 4.92. The predicted octanol–water partition coefficient (Wildman–Crippen LogP) is 2.24. The van der Waals surface area contributed by atoms with E-state index >= 15 is 0 Å². The maximum Gasteiger partial charge on any atom is 0.234 e. The van der Waals surface area contributed by atoms with Gasteiger partial charge in [0.2, 0.25) is 5.91 Å². The number of rotatable bonds is 6. The van der Waals surface area contributed by atoms with Gasteiger partial charge in [-0.3, -0.25) is 9.69 Å². The quantitative estimate of drug-likeness (QED) is 0.819. The van der Waals surface area contributed by atoms with E-state index in [4.69, 9.17) is 16.3 Å². The zero-order chi connectivity index (χ0) is 14.4. The Morgan fingerprint density at radius 1 is 1.45 bits per heavy atom. The highest BCUT2D eigenvalue weighted by Gasteiger charge is 2.27. The highest BCUT2D eigenvalue weighted by atomic mass is 35.5. The second-order valence-electron chi connectivity index (χ2n) is 5.02. The Balaban J connectivity index is 1.90. The highest BCUT2D eigenvalue weighted by Crippen LogP contribution is 2.31. The maximum absolute atomic E-state index is 11.9. The molecule has 5 heteroatoms. The lowest BCUT2D eigenvalue weighted by Crippen LogP contribution is -2.38. The van der Waals surface area contributed by atoms with Crippen LogP contribution in [0.1, 0.15) is 24.4 Å². The summed E-state index contributed by atoms with van der Waals surface area (Å²) in [5.74, 6) is 0.0583. The third-order valence-electron chi connectivity index (χ3n) is 3.59. The van der Waals surface area contributed by atoms with E-state index in [2.05, 4.69) is 10.2 Å². The van der Waals surface area contributed by atoms with Crippen molar-refractivity contribution in [1.82, 2.24) is 10.2 Å². The zero-order valence-electron chi connectivity index (χ0n) is 11.8. The van der Waals surface area contributed by atoms with Crippen molar-refractivity contribution in [2.45, 2.75) is 18.9 Å². The lowest BCUT2D eigenvalue weighted by Gasteiger charge is -2.24. The Morgan fingerprint density at radius 3 is 2.90 bits per heavy atom. The number of likely N-dealkylation sites (tertiary alicyclic amines) is 1. The first-order valence-corrected chi connectivity index (χ1v) is 7.33. The fourth-order valence-corrected chi connectivity index (χ4v) is 2.74. The first kappa shape index (κ1) is 15.3.